The lowest BCUT2D eigenvalue weighted by molar-refractivity contribution is 0.772. The zero-order valence-electron chi connectivity index (χ0n) is 15.9. The Labute approximate surface area is 162 Å². The normalized spacial score (nSPS) is 28.5. The third-order valence-electron chi connectivity index (χ3n) is 6.30. The Morgan fingerprint density at radius 2 is 1.04 bits per heavy atom. The summed E-state index contributed by atoms with van der Waals surface area (Å²) in [5.41, 5.74) is 5.16. The summed E-state index contributed by atoms with van der Waals surface area (Å²) in [5.74, 6) is 0. The molecule has 0 aliphatic carbocycles. The minimum Gasteiger partial charge on any atom is -0.103 e. The summed E-state index contributed by atoms with van der Waals surface area (Å²) in [5, 5.41) is 0. The fourth-order valence-corrected chi connectivity index (χ4v) is 12.0. The van der Waals surface area contributed by atoms with Crippen molar-refractivity contribution in [3.63, 3.8) is 0 Å². The van der Waals surface area contributed by atoms with Crippen molar-refractivity contribution in [3.8, 4) is 0 Å². The van der Waals surface area contributed by atoms with E-state index in [-0.39, 0.29) is 15.8 Å². The summed E-state index contributed by atoms with van der Waals surface area (Å²) >= 11 is 0. The second kappa shape index (κ2) is 9.48. The summed E-state index contributed by atoms with van der Waals surface area (Å²) in [4.78, 5) is 0. The molecular formula is C24H32P2. The van der Waals surface area contributed by atoms with E-state index in [0.29, 0.717) is 0 Å². The van der Waals surface area contributed by atoms with E-state index in [1.165, 1.54) is 38.5 Å². The van der Waals surface area contributed by atoms with Gasteiger partial charge in [0.25, 0.3) is 0 Å². The molecule has 0 N–H and O–H groups in total. The molecule has 2 aliphatic rings. The molecule has 0 nitrogen and oxygen atoms in total. The van der Waals surface area contributed by atoms with Crippen LogP contribution in [0.4, 0.5) is 0 Å². The van der Waals surface area contributed by atoms with Crippen LogP contribution in [0.15, 0.2) is 60.7 Å². The molecule has 2 saturated heterocycles. The molecule has 2 aliphatic heterocycles. The van der Waals surface area contributed by atoms with Crippen molar-refractivity contribution < 1.29 is 0 Å². The molecule has 0 unspecified atom stereocenters. The second-order valence-electron chi connectivity index (χ2n) is 8.04. The Morgan fingerprint density at radius 3 is 1.46 bits per heavy atom. The fraction of sp³-hybridized carbons (Fsp3) is 0.500. The molecule has 0 spiro atoms. The van der Waals surface area contributed by atoms with Gasteiger partial charge in [0.15, 0.2) is 0 Å². The van der Waals surface area contributed by atoms with Crippen molar-refractivity contribution in [2.45, 2.75) is 49.8 Å². The van der Waals surface area contributed by atoms with Crippen molar-refractivity contribution >= 4 is 15.8 Å². The average molecular weight is 382 g/mol. The topological polar surface area (TPSA) is 0 Å². The third-order valence-corrected chi connectivity index (χ3v) is 13.0. The maximum Gasteiger partial charge on any atom is -0.0168 e. The van der Waals surface area contributed by atoms with Crippen LogP contribution in [-0.2, 0) is 12.8 Å². The first-order valence-electron chi connectivity index (χ1n) is 10.4. The van der Waals surface area contributed by atoms with Crippen molar-refractivity contribution in [3.05, 3.63) is 71.8 Å². The van der Waals surface area contributed by atoms with E-state index in [1.54, 1.807) is 35.8 Å². The van der Waals surface area contributed by atoms with Crippen LogP contribution >= 0.6 is 15.8 Å². The summed E-state index contributed by atoms with van der Waals surface area (Å²) in [6, 6.07) is 22.5. The molecule has 26 heavy (non-hydrogen) atoms. The number of hydrogen-bond donors (Lipinski definition) is 0. The molecule has 2 heterocycles. The Balaban J connectivity index is 1.29. The van der Waals surface area contributed by atoms with E-state index >= 15 is 0 Å². The summed E-state index contributed by atoms with van der Waals surface area (Å²) in [6.07, 6.45) is 14.9. The van der Waals surface area contributed by atoms with Crippen LogP contribution in [0.3, 0.4) is 0 Å². The minimum atomic E-state index is 0.289. The molecular weight excluding hydrogens is 350 g/mol. The SMILES string of the molecule is c1ccc(C[C@H]2CCC[P@]2CC[P@]2CCC[C@@H]2Cc2ccccc2)cc1. The van der Waals surface area contributed by atoms with E-state index < -0.39 is 0 Å². The molecule has 0 bridgehead atoms. The molecule has 2 aromatic rings. The molecule has 4 rings (SSSR count). The molecule has 138 valence electrons. The van der Waals surface area contributed by atoms with Crippen LogP contribution in [0.25, 0.3) is 0 Å². The van der Waals surface area contributed by atoms with Gasteiger partial charge in [0.05, 0.1) is 0 Å². The van der Waals surface area contributed by atoms with Gasteiger partial charge in [-0.1, -0.05) is 60.7 Å². The van der Waals surface area contributed by atoms with E-state index in [9.17, 15) is 0 Å². The van der Waals surface area contributed by atoms with Gasteiger partial charge in [0.2, 0.25) is 0 Å². The van der Waals surface area contributed by atoms with Crippen molar-refractivity contribution in [2.24, 2.45) is 0 Å². The third kappa shape index (κ3) is 4.97. The van der Waals surface area contributed by atoms with Crippen LogP contribution in [0.1, 0.15) is 36.8 Å². The van der Waals surface area contributed by atoms with Gasteiger partial charge in [-0.3, -0.25) is 0 Å². The van der Waals surface area contributed by atoms with E-state index in [4.69, 9.17) is 0 Å². The number of rotatable bonds is 7. The van der Waals surface area contributed by atoms with Gasteiger partial charge >= 0.3 is 0 Å². The lowest BCUT2D eigenvalue weighted by atomic mass is 10.1. The molecule has 0 saturated carbocycles. The quantitative estimate of drug-likeness (QED) is 0.464. The first-order valence-corrected chi connectivity index (χ1v) is 14.0. The van der Waals surface area contributed by atoms with E-state index in [2.05, 4.69) is 60.7 Å². The van der Waals surface area contributed by atoms with Gasteiger partial charge in [-0.15, -0.1) is 15.8 Å². The lowest BCUT2D eigenvalue weighted by Crippen LogP contribution is -2.11. The highest BCUT2D eigenvalue weighted by Gasteiger charge is 2.30. The number of hydrogen-bond acceptors (Lipinski definition) is 0. The zero-order valence-corrected chi connectivity index (χ0v) is 17.7. The van der Waals surface area contributed by atoms with Gasteiger partial charge in [-0.05, 0) is 85.6 Å². The summed E-state index contributed by atoms with van der Waals surface area (Å²) in [7, 11) is 0.579. The molecule has 2 fully saturated rings. The highest BCUT2D eigenvalue weighted by atomic mass is 31.1. The first kappa shape index (κ1) is 18.7. The second-order valence-corrected chi connectivity index (χ2v) is 13.6. The maximum absolute atomic E-state index is 2.34. The molecule has 2 aromatic carbocycles. The molecule has 4 atom stereocenters. The van der Waals surface area contributed by atoms with Gasteiger partial charge in [-0.25, -0.2) is 0 Å². The Kier molecular flexibility index (Phi) is 6.80. The summed E-state index contributed by atoms with van der Waals surface area (Å²) in [6.45, 7) is 0. The van der Waals surface area contributed by atoms with Crippen LogP contribution in [0.5, 0.6) is 0 Å². The Morgan fingerprint density at radius 1 is 0.615 bits per heavy atom. The minimum absolute atomic E-state index is 0.289. The van der Waals surface area contributed by atoms with Crippen LogP contribution in [0, 0.1) is 0 Å². The predicted molar refractivity (Wildman–Crippen MR) is 120 cm³/mol. The largest absolute Gasteiger partial charge is 0.103 e. The van der Waals surface area contributed by atoms with Gasteiger partial charge in [0, 0.05) is 0 Å². The molecule has 0 radical (unpaired) electrons. The van der Waals surface area contributed by atoms with E-state index in [0.717, 1.165) is 11.3 Å². The van der Waals surface area contributed by atoms with Crippen molar-refractivity contribution in [1.82, 2.24) is 0 Å². The monoisotopic (exact) mass is 382 g/mol. The average Bonchev–Trinajstić information content (AvgIpc) is 3.31. The standard InChI is InChI=1S/C24H32P2/c1-3-9-21(10-4-1)19-23-13-7-15-25(23)17-18-26-16-8-14-24(26)20-22-11-5-2-6-12-22/h1-6,9-12,23-24H,7-8,13-20H2/t23-,24-,25-,26+/m1/s1. The van der Waals surface area contributed by atoms with Crippen LogP contribution < -0.4 is 0 Å². The van der Waals surface area contributed by atoms with Crippen LogP contribution in [0.2, 0.25) is 0 Å². The summed E-state index contributed by atoms with van der Waals surface area (Å²) < 4.78 is 0. The fourth-order valence-electron chi connectivity index (χ4n) is 4.87. The number of benzene rings is 2. The van der Waals surface area contributed by atoms with Crippen molar-refractivity contribution in [2.75, 3.05) is 24.6 Å². The zero-order chi connectivity index (χ0) is 17.6. The highest BCUT2D eigenvalue weighted by Crippen LogP contribution is 2.57. The van der Waals surface area contributed by atoms with Crippen LogP contribution in [-0.4, -0.2) is 36.0 Å². The van der Waals surface area contributed by atoms with E-state index in [1.807, 2.05) is 0 Å². The first-order chi connectivity index (χ1) is 12.9. The predicted octanol–water partition coefficient (Wildman–Crippen LogP) is 6.76. The Hall–Kier alpha value is -0.700. The van der Waals surface area contributed by atoms with Crippen molar-refractivity contribution in [1.29, 1.82) is 0 Å². The highest BCUT2D eigenvalue weighted by molar-refractivity contribution is 7.62. The van der Waals surface area contributed by atoms with Gasteiger partial charge in [-0.2, -0.15) is 0 Å². The molecule has 0 aromatic heterocycles. The molecule has 0 amide bonds. The van der Waals surface area contributed by atoms with Gasteiger partial charge in [0.1, 0.15) is 0 Å². The molecule has 2 heteroatoms. The maximum atomic E-state index is 2.34. The lowest BCUT2D eigenvalue weighted by Gasteiger charge is -2.25. The Bertz CT molecular complexity index is 595. The van der Waals surface area contributed by atoms with Gasteiger partial charge < -0.3 is 0 Å². The smallest absolute Gasteiger partial charge is 0.0168 e.